The number of nitrogens with zero attached hydrogens (tertiary/aromatic N) is 4. The number of hydrogen-bond acceptors (Lipinski definition) is 5. The third-order valence-electron chi connectivity index (χ3n) is 3.27. The Balaban J connectivity index is 1.93. The van der Waals surface area contributed by atoms with Crippen LogP contribution in [0.2, 0.25) is 0 Å². The maximum Gasteiger partial charge on any atom is 0.180 e. The van der Waals surface area contributed by atoms with E-state index in [-0.39, 0.29) is 0 Å². The molecule has 110 valence electrons. The van der Waals surface area contributed by atoms with Crippen LogP contribution in [-0.4, -0.2) is 28.0 Å². The first-order valence-electron chi connectivity index (χ1n) is 7.07. The topological polar surface area (TPSA) is 58.6 Å². The van der Waals surface area contributed by atoms with E-state index in [9.17, 15) is 0 Å². The molecule has 3 rings (SSSR count). The molecule has 0 atom stereocenters. The highest BCUT2D eigenvalue weighted by atomic mass is 16.3. The average molecular weight is 285 g/mol. The number of nitrogens with one attached hydrogen (secondary N) is 1. The summed E-state index contributed by atoms with van der Waals surface area (Å²) >= 11 is 0. The molecule has 6 nitrogen and oxygen atoms in total. The number of anilines is 2. The van der Waals surface area contributed by atoms with Crippen LogP contribution in [0.25, 0.3) is 5.65 Å². The van der Waals surface area contributed by atoms with E-state index in [4.69, 9.17) is 9.40 Å². The van der Waals surface area contributed by atoms with E-state index in [2.05, 4.69) is 22.1 Å². The van der Waals surface area contributed by atoms with Crippen molar-refractivity contribution >= 4 is 17.3 Å². The SMILES string of the molecule is CCCNc1cn2ccnc2c(N(C)Cc2ccoc2)n1. The predicted molar refractivity (Wildman–Crippen MR) is 82.6 cm³/mol. The van der Waals surface area contributed by atoms with Gasteiger partial charge in [0.25, 0.3) is 0 Å². The van der Waals surface area contributed by atoms with Crippen LogP contribution in [0.3, 0.4) is 0 Å². The van der Waals surface area contributed by atoms with E-state index < -0.39 is 0 Å². The van der Waals surface area contributed by atoms with Crippen molar-refractivity contribution in [3.05, 3.63) is 42.7 Å². The number of rotatable bonds is 6. The Morgan fingerprint density at radius 3 is 3.10 bits per heavy atom. The van der Waals surface area contributed by atoms with E-state index >= 15 is 0 Å². The van der Waals surface area contributed by atoms with Gasteiger partial charge in [-0.1, -0.05) is 6.92 Å². The van der Waals surface area contributed by atoms with Crippen LogP contribution < -0.4 is 10.2 Å². The van der Waals surface area contributed by atoms with Gasteiger partial charge in [0.05, 0.1) is 18.7 Å². The molecular formula is C15H19N5O. The van der Waals surface area contributed by atoms with Gasteiger partial charge in [0, 0.05) is 38.1 Å². The minimum absolute atomic E-state index is 0.725. The van der Waals surface area contributed by atoms with Crippen LogP contribution in [0.15, 0.2) is 41.6 Å². The molecule has 0 bridgehead atoms. The molecule has 0 saturated heterocycles. The van der Waals surface area contributed by atoms with Gasteiger partial charge in [-0.25, -0.2) is 9.97 Å². The van der Waals surface area contributed by atoms with Gasteiger partial charge in [0.15, 0.2) is 11.5 Å². The first kappa shape index (κ1) is 13.5. The van der Waals surface area contributed by atoms with Crippen molar-refractivity contribution in [1.29, 1.82) is 0 Å². The summed E-state index contributed by atoms with van der Waals surface area (Å²) in [6.07, 6.45) is 10.2. The minimum Gasteiger partial charge on any atom is -0.472 e. The molecule has 0 aliphatic heterocycles. The van der Waals surface area contributed by atoms with Crippen LogP contribution in [0.5, 0.6) is 0 Å². The highest BCUT2D eigenvalue weighted by Crippen LogP contribution is 2.21. The number of imidazole rings is 1. The average Bonchev–Trinajstić information content (AvgIpc) is 3.14. The first-order chi connectivity index (χ1) is 10.3. The lowest BCUT2D eigenvalue weighted by atomic mass is 10.3. The van der Waals surface area contributed by atoms with Gasteiger partial charge in [-0.05, 0) is 12.5 Å². The summed E-state index contributed by atoms with van der Waals surface area (Å²) in [5.74, 6) is 1.71. The fourth-order valence-electron chi connectivity index (χ4n) is 2.24. The molecule has 3 aromatic rings. The molecule has 1 N–H and O–H groups in total. The summed E-state index contributed by atoms with van der Waals surface area (Å²) in [6.45, 7) is 3.76. The summed E-state index contributed by atoms with van der Waals surface area (Å²) in [5, 5.41) is 3.33. The Kier molecular flexibility index (Phi) is 3.77. The second-order valence-corrected chi connectivity index (χ2v) is 5.02. The molecule has 0 aliphatic carbocycles. The largest absolute Gasteiger partial charge is 0.472 e. The van der Waals surface area contributed by atoms with Crippen LogP contribution in [0.1, 0.15) is 18.9 Å². The Labute approximate surface area is 123 Å². The molecular weight excluding hydrogens is 266 g/mol. The molecule has 0 amide bonds. The van der Waals surface area contributed by atoms with Crippen LogP contribution in [0, 0.1) is 0 Å². The zero-order valence-corrected chi connectivity index (χ0v) is 12.3. The maximum absolute atomic E-state index is 5.12. The summed E-state index contributed by atoms with van der Waals surface area (Å²) < 4.78 is 7.11. The predicted octanol–water partition coefficient (Wildman–Crippen LogP) is 2.78. The zero-order chi connectivity index (χ0) is 14.7. The van der Waals surface area contributed by atoms with Crippen molar-refractivity contribution < 1.29 is 4.42 Å². The Hall–Kier alpha value is -2.50. The third kappa shape index (κ3) is 2.84. The highest BCUT2D eigenvalue weighted by Gasteiger charge is 2.12. The Morgan fingerprint density at radius 2 is 2.33 bits per heavy atom. The van der Waals surface area contributed by atoms with Crippen molar-refractivity contribution in [2.45, 2.75) is 19.9 Å². The standard InChI is InChI=1S/C15H19N5O/c1-3-5-16-13-10-20-7-6-17-14(20)15(18-13)19(2)9-12-4-8-21-11-12/h4,6-8,10-11,16H,3,5,9H2,1-2H3. The van der Waals surface area contributed by atoms with Crippen LogP contribution in [0.4, 0.5) is 11.6 Å². The molecule has 0 aliphatic rings. The van der Waals surface area contributed by atoms with Gasteiger partial charge in [-0.2, -0.15) is 0 Å². The van der Waals surface area contributed by atoms with Gasteiger partial charge in [0.1, 0.15) is 5.82 Å². The lowest BCUT2D eigenvalue weighted by Gasteiger charge is -2.19. The van der Waals surface area contributed by atoms with Crippen molar-refractivity contribution in [3.63, 3.8) is 0 Å². The van der Waals surface area contributed by atoms with Crippen LogP contribution >= 0.6 is 0 Å². The van der Waals surface area contributed by atoms with E-state index in [0.717, 1.165) is 42.4 Å². The molecule has 0 fully saturated rings. The number of furan rings is 1. The van der Waals surface area contributed by atoms with E-state index in [1.54, 1.807) is 18.7 Å². The normalized spacial score (nSPS) is 11.0. The summed E-state index contributed by atoms with van der Waals surface area (Å²) in [7, 11) is 2.01. The lowest BCUT2D eigenvalue weighted by Crippen LogP contribution is -2.19. The third-order valence-corrected chi connectivity index (χ3v) is 3.27. The number of fused-ring (bicyclic) bond motifs is 1. The molecule has 0 radical (unpaired) electrons. The quantitative estimate of drug-likeness (QED) is 0.754. The van der Waals surface area contributed by atoms with E-state index in [1.165, 1.54) is 0 Å². The van der Waals surface area contributed by atoms with Gasteiger partial charge < -0.3 is 19.0 Å². The fourth-order valence-corrected chi connectivity index (χ4v) is 2.24. The zero-order valence-electron chi connectivity index (χ0n) is 12.3. The number of aromatic nitrogens is 3. The monoisotopic (exact) mass is 285 g/mol. The molecule has 0 aromatic carbocycles. The van der Waals surface area contributed by atoms with Crippen molar-refractivity contribution in [1.82, 2.24) is 14.4 Å². The molecule has 3 aromatic heterocycles. The Bertz CT molecular complexity index is 704. The Morgan fingerprint density at radius 1 is 1.43 bits per heavy atom. The van der Waals surface area contributed by atoms with Gasteiger partial charge in [-0.3, -0.25) is 0 Å². The fraction of sp³-hybridized carbons (Fsp3) is 0.333. The molecule has 0 unspecified atom stereocenters. The van der Waals surface area contributed by atoms with E-state index in [0.29, 0.717) is 0 Å². The van der Waals surface area contributed by atoms with Gasteiger partial charge in [-0.15, -0.1) is 0 Å². The highest BCUT2D eigenvalue weighted by molar-refractivity contribution is 5.66. The van der Waals surface area contributed by atoms with E-state index in [1.807, 2.05) is 29.9 Å². The van der Waals surface area contributed by atoms with Gasteiger partial charge >= 0.3 is 0 Å². The first-order valence-corrected chi connectivity index (χ1v) is 7.07. The maximum atomic E-state index is 5.12. The molecule has 3 heterocycles. The smallest absolute Gasteiger partial charge is 0.180 e. The van der Waals surface area contributed by atoms with Crippen molar-refractivity contribution in [2.24, 2.45) is 0 Å². The minimum atomic E-state index is 0.725. The molecule has 0 spiro atoms. The lowest BCUT2D eigenvalue weighted by molar-refractivity contribution is 0.563. The molecule has 6 heteroatoms. The second-order valence-electron chi connectivity index (χ2n) is 5.02. The second kappa shape index (κ2) is 5.87. The van der Waals surface area contributed by atoms with Crippen molar-refractivity contribution in [2.75, 3.05) is 23.8 Å². The number of hydrogen-bond donors (Lipinski definition) is 1. The van der Waals surface area contributed by atoms with Crippen molar-refractivity contribution in [3.8, 4) is 0 Å². The summed E-state index contributed by atoms with van der Waals surface area (Å²) in [6, 6.07) is 1.96. The van der Waals surface area contributed by atoms with Crippen LogP contribution in [-0.2, 0) is 6.54 Å². The molecule has 0 saturated carbocycles. The summed E-state index contributed by atoms with van der Waals surface area (Å²) in [4.78, 5) is 11.2. The molecule has 21 heavy (non-hydrogen) atoms. The van der Waals surface area contributed by atoms with Gasteiger partial charge in [0.2, 0.25) is 0 Å². The summed E-state index contributed by atoms with van der Waals surface area (Å²) in [5.41, 5.74) is 1.96.